The molecule has 0 bridgehead atoms. The fourth-order valence-electron chi connectivity index (χ4n) is 2.79. The molecule has 0 saturated heterocycles. The Kier molecular flexibility index (Phi) is 4.42. The summed E-state index contributed by atoms with van der Waals surface area (Å²) in [6.07, 6.45) is 2.45. The molecule has 1 heterocycles. The van der Waals surface area contributed by atoms with Crippen LogP contribution in [0.15, 0.2) is 48.5 Å². The van der Waals surface area contributed by atoms with E-state index in [-0.39, 0.29) is 5.91 Å². The summed E-state index contributed by atoms with van der Waals surface area (Å²) in [5, 5.41) is 4.91. The highest BCUT2D eigenvalue weighted by atomic mass is 16.6. The Morgan fingerprint density at radius 3 is 2.78 bits per heavy atom. The zero-order chi connectivity index (χ0) is 16.2. The molecule has 1 amide bonds. The minimum atomic E-state index is -0.870. The normalized spacial score (nSPS) is 17.0. The number of nitrogens with one attached hydrogen (secondary N) is 1. The zero-order valence-corrected chi connectivity index (χ0v) is 13.0. The van der Waals surface area contributed by atoms with Gasteiger partial charge in [-0.25, -0.2) is 4.79 Å². The number of benzene rings is 2. The molecule has 2 aromatic rings. The highest BCUT2D eigenvalue weighted by Gasteiger charge is 2.33. The Bertz CT molecular complexity index is 774. The monoisotopic (exact) mass is 309 g/mol. The maximum Gasteiger partial charge on any atom is 0.332 e. The molecule has 0 aliphatic carbocycles. The van der Waals surface area contributed by atoms with Gasteiger partial charge in [0.15, 0.2) is 0 Å². The van der Waals surface area contributed by atoms with E-state index >= 15 is 0 Å². The van der Waals surface area contributed by atoms with Crippen LogP contribution in [0, 0.1) is 0 Å². The maximum absolute atomic E-state index is 12.4. The maximum atomic E-state index is 12.4. The first kappa shape index (κ1) is 15.3. The number of fused-ring (bicyclic) bond motifs is 1. The van der Waals surface area contributed by atoms with E-state index in [0.717, 1.165) is 29.2 Å². The Morgan fingerprint density at radius 1 is 1.17 bits per heavy atom. The molecule has 0 aromatic heterocycles. The Balaban J connectivity index is 1.94. The number of esters is 1. The van der Waals surface area contributed by atoms with E-state index in [0.29, 0.717) is 12.1 Å². The van der Waals surface area contributed by atoms with E-state index in [9.17, 15) is 9.59 Å². The lowest BCUT2D eigenvalue weighted by atomic mass is 9.95. The first-order valence-corrected chi connectivity index (χ1v) is 7.88. The van der Waals surface area contributed by atoms with Gasteiger partial charge >= 0.3 is 5.97 Å². The first-order chi connectivity index (χ1) is 11.2. The van der Waals surface area contributed by atoms with Crippen LogP contribution in [0.4, 0.5) is 0 Å². The lowest BCUT2D eigenvalue weighted by molar-refractivity contribution is -0.145. The highest BCUT2D eigenvalue weighted by molar-refractivity contribution is 6.10. The van der Waals surface area contributed by atoms with Gasteiger partial charge in [0, 0.05) is 18.2 Å². The van der Waals surface area contributed by atoms with Crippen LogP contribution in [0.2, 0.25) is 0 Å². The van der Waals surface area contributed by atoms with Gasteiger partial charge in [-0.2, -0.15) is 0 Å². The molecule has 0 saturated carbocycles. The summed E-state index contributed by atoms with van der Waals surface area (Å²) in [6, 6.07) is 13.8. The number of ether oxygens (including phenoxy) is 1. The van der Waals surface area contributed by atoms with Crippen LogP contribution in [0.3, 0.4) is 0 Å². The van der Waals surface area contributed by atoms with Crippen molar-refractivity contribution in [2.24, 2.45) is 0 Å². The SMILES string of the molecule is CCCCNC(=O)C1OC(=O)C=C1c1cccc2ccccc12. The largest absolute Gasteiger partial charge is 0.444 e. The fraction of sp³-hybridized carbons (Fsp3) is 0.263. The quantitative estimate of drug-likeness (QED) is 0.682. The standard InChI is InChI=1S/C19H19NO3/c1-2-3-11-20-19(22)18-16(12-17(21)23-18)15-10-6-8-13-7-4-5-9-14(13)15/h4-10,12,18H,2-3,11H2,1H3,(H,20,22). The minimum Gasteiger partial charge on any atom is -0.444 e. The van der Waals surface area contributed by atoms with Crippen LogP contribution in [-0.2, 0) is 14.3 Å². The third-order valence-electron chi connectivity index (χ3n) is 3.96. The second kappa shape index (κ2) is 6.65. The van der Waals surface area contributed by atoms with Crippen LogP contribution in [0.5, 0.6) is 0 Å². The van der Waals surface area contributed by atoms with Crippen molar-refractivity contribution in [3.05, 3.63) is 54.1 Å². The van der Waals surface area contributed by atoms with Crippen LogP contribution < -0.4 is 5.32 Å². The van der Waals surface area contributed by atoms with Crippen molar-refractivity contribution >= 4 is 28.2 Å². The number of amides is 1. The summed E-state index contributed by atoms with van der Waals surface area (Å²) in [6.45, 7) is 2.65. The van der Waals surface area contributed by atoms with Crippen molar-refractivity contribution in [2.45, 2.75) is 25.9 Å². The number of carbonyl (C=O) groups excluding carboxylic acids is 2. The lowest BCUT2D eigenvalue weighted by Gasteiger charge is -2.16. The first-order valence-electron chi connectivity index (χ1n) is 7.88. The molecule has 23 heavy (non-hydrogen) atoms. The molecule has 2 aromatic carbocycles. The molecule has 118 valence electrons. The third-order valence-corrected chi connectivity index (χ3v) is 3.96. The summed E-state index contributed by atoms with van der Waals surface area (Å²) in [5.74, 6) is -0.730. The van der Waals surface area contributed by atoms with E-state index < -0.39 is 12.1 Å². The van der Waals surface area contributed by atoms with Crippen molar-refractivity contribution in [1.82, 2.24) is 5.32 Å². The van der Waals surface area contributed by atoms with Gasteiger partial charge in [0.25, 0.3) is 5.91 Å². The van der Waals surface area contributed by atoms with Crippen molar-refractivity contribution in [2.75, 3.05) is 6.54 Å². The lowest BCUT2D eigenvalue weighted by Crippen LogP contribution is -2.36. The molecule has 0 spiro atoms. The average molecular weight is 309 g/mol. The van der Waals surface area contributed by atoms with E-state index in [1.807, 2.05) is 42.5 Å². The van der Waals surface area contributed by atoms with E-state index in [1.165, 1.54) is 6.08 Å². The summed E-state index contributed by atoms with van der Waals surface area (Å²) < 4.78 is 5.23. The number of carbonyl (C=O) groups is 2. The van der Waals surface area contributed by atoms with Crippen molar-refractivity contribution in [1.29, 1.82) is 0 Å². The number of cyclic esters (lactones) is 1. The smallest absolute Gasteiger partial charge is 0.332 e. The van der Waals surface area contributed by atoms with Crippen LogP contribution in [0.1, 0.15) is 25.3 Å². The molecule has 1 aliphatic heterocycles. The second-order valence-electron chi connectivity index (χ2n) is 5.59. The summed E-state index contributed by atoms with van der Waals surface area (Å²) >= 11 is 0. The Hall–Kier alpha value is -2.62. The number of rotatable bonds is 5. The van der Waals surface area contributed by atoms with Crippen LogP contribution in [-0.4, -0.2) is 24.5 Å². The molecule has 4 heteroatoms. The summed E-state index contributed by atoms with van der Waals surface area (Å²) in [5.41, 5.74) is 1.49. The Labute approximate surface area is 135 Å². The number of hydrogen-bond donors (Lipinski definition) is 1. The van der Waals surface area contributed by atoms with E-state index in [4.69, 9.17) is 4.74 Å². The highest BCUT2D eigenvalue weighted by Crippen LogP contribution is 2.31. The number of hydrogen-bond acceptors (Lipinski definition) is 3. The molecule has 0 radical (unpaired) electrons. The van der Waals surface area contributed by atoms with Gasteiger partial charge in [0.1, 0.15) is 0 Å². The van der Waals surface area contributed by atoms with Crippen molar-refractivity contribution in [3.63, 3.8) is 0 Å². The molecule has 1 aliphatic rings. The average Bonchev–Trinajstić information content (AvgIpc) is 2.96. The van der Waals surface area contributed by atoms with E-state index in [1.54, 1.807) is 0 Å². The van der Waals surface area contributed by atoms with Gasteiger partial charge in [0.05, 0.1) is 0 Å². The molecule has 4 nitrogen and oxygen atoms in total. The molecule has 1 atom stereocenters. The molecule has 0 fully saturated rings. The molecular formula is C19H19NO3. The molecule has 1 unspecified atom stereocenters. The number of unbranched alkanes of at least 4 members (excludes halogenated alkanes) is 1. The minimum absolute atomic E-state index is 0.261. The van der Waals surface area contributed by atoms with Crippen LogP contribution >= 0.6 is 0 Å². The van der Waals surface area contributed by atoms with Gasteiger partial charge in [0.2, 0.25) is 6.10 Å². The van der Waals surface area contributed by atoms with Gasteiger partial charge in [-0.05, 0) is 22.8 Å². The molecule has 3 rings (SSSR count). The topological polar surface area (TPSA) is 55.4 Å². The van der Waals surface area contributed by atoms with Crippen molar-refractivity contribution in [3.8, 4) is 0 Å². The predicted molar refractivity (Wildman–Crippen MR) is 89.7 cm³/mol. The van der Waals surface area contributed by atoms with Crippen LogP contribution in [0.25, 0.3) is 16.3 Å². The van der Waals surface area contributed by atoms with Gasteiger partial charge < -0.3 is 10.1 Å². The molecular weight excluding hydrogens is 290 g/mol. The summed E-state index contributed by atoms with van der Waals surface area (Å²) in [7, 11) is 0. The molecule has 1 N–H and O–H groups in total. The van der Waals surface area contributed by atoms with Gasteiger partial charge in [-0.3, -0.25) is 4.79 Å². The zero-order valence-electron chi connectivity index (χ0n) is 13.0. The fourth-order valence-corrected chi connectivity index (χ4v) is 2.79. The summed E-state index contributed by atoms with van der Waals surface area (Å²) in [4.78, 5) is 24.1. The second-order valence-corrected chi connectivity index (χ2v) is 5.59. The van der Waals surface area contributed by atoms with Gasteiger partial charge in [-0.15, -0.1) is 0 Å². The Morgan fingerprint density at radius 2 is 1.96 bits per heavy atom. The predicted octanol–water partition coefficient (Wildman–Crippen LogP) is 3.06. The third kappa shape index (κ3) is 3.11. The van der Waals surface area contributed by atoms with E-state index in [2.05, 4.69) is 12.2 Å². The van der Waals surface area contributed by atoms with Gasteiger partial charge in [-0.1, -0.05) is 55.8 Å². The van der Waals surface area contributed by atoms with Crippen molar-refractivity contribution < 1.29 is 14.3 Å².